The third-order valence-electron chi connectivity index (χ3n) is 8.24. The van der Waals surface area contributed by atoms with E-state index < -0.39 is 23.3 Å². The molecule has 2 aliphatic rings. The van der Waals surface area contributed by atoms with E-state index in [1.165, 1.54) is 18.5 Å². The Bertz CT molecular complexity index is 1560. The molecule has 0 radical (unpaired) electrons. The SMILES string of the molecule is CCOC(=O)Nc1ccc(N2CCN(c3ccc(OC[C@H]4CO[C@@](Cn5cncn5)(c5ccc(F)cc5F)C4)cc3)CC2)cc1. The van der Waals surface area contributed by atoms with E-state index in [9.17, 15) is 13.6 Å². The normalized spacial score (nSPS) is 19.8. The number of carbonyl (C=O) groups excluding carboxylic acids is 1. The van der Waals surface area contributed by atoms with Crippen LogP contribution in [-0.4, -0.2) is 66.9 Å². The Balaban J connectivity index is 1.01. The molecule has 2 fully saturated rings. The summed E-state index contributed by atoms with van der Waals surface area (Å²) in [5.41, 5.74) is 2.23. The van der Waals surface area contributed by atoms with E-state index in [1.807, 2.05) is 36.4 Å². The molecule has 0 aliphatic carbocycles. The summed E-state index contributed by atoms with van der Waals surface area (Å²) < 4.78 is 47.5. The summed E-state index contributed by atoms with van der Waals surface area (Å²) >= 11 is 0. The summed E-state index contributed by atoms with van der Waals surface area (Å²) in [7, 11) is 0. The van der Waals surface area contributed by atoms with Gasteiger partial charge in [-0.2, -0.15) is 5.10 Å². The number of ether oxygens (including phenoxy) is 3. The van der Waals surface area contributed by atoms with Gasteiger partial charge in [-0.3, -0.25) is 5.32 Å². The van der Waals surface area contributed by atoms with Crippen LogP contribution >= 0.6 is 0 Å². The van der Waals surface area contributed by atoms with E-state index in [-0.39, 0.29) is 12.5 Å². The molecule has 4 aromatic rings. The van der Waals surface area contributed by atoms with Crippen LogP contribution in [0.3, 0.4) is 0 Å². The van der Waals surface area contributed by atoms with Gasteiger partial charge in [-0.15, -0.1) is 0 Å². The topological polar surface area (TPSA) is 94.0 Å². The van der Waals surface area contributed by atoms with E-state index in [0.29, 0.717) is 37.5 Å². The smallest absolute Gasteiger partial charge is 0.411 e. The Hall–Kier alpha value is -4.71. The zero-order valence-corrected chi connectivity index (χ0v) is 25.1. The summed E-state index contributed by atoms with van der Waals surface area (Å²) in [6.07, 6.45) is 3.01. The zero-order valence-electron chi connectivity index (χ0n) is 25.1. The lowest BCUT2D eigenvalue weighted by molar-refractivity contribution is -0.0206. The lowest BCUT2D eigenvalue weighted by Gasteiger charge is -2.37. The van der Waals surface area contributed by atoms with Crippen LogP contribution in [0.25, 0.3) is 0 Å². The maximum Gasteiger partial charge on any atom is 0.411 e. The summed E-state index contributed by atoms with van der Waals surface area (Å²) in [6, 6.07) is 19.4. The van der Waals surface area contributed by atoms with Crippen LogP contribution in [0.5, 0.6) is 5.75 Å². The number of carbonyl (C=O) groups is 1. The Labute approximate surface area is 260 Å². The van der Waals surface area contributed by atoms with Crippen molar-refractivity contribution in [3.8, 4) is 5.75 Å². The molecule has 0 saturated carbocycles. The molecular weight excluding hydrogens is 582 g/mol. The lowest BCUT2D eigenvalue weighted by Crippen LogP contribution is -2.46. The number of halogens is 2. The van der Waals surface area contributed by atoms with Gasteiger partial charge in [0.1, 0.15) is 35.6 Å². The molecule has 12 heteroatoms. The quantitative estimate of drug-likeness (QED) is 0.251. The number of nitrogens with one attached hydrogen (secondary N) is 1. The van der Waals surface area contributed by atoms with Gasteiger partial charge < -0.3 is 24.0 Å². The highest BCUT2D eigenvalue weighted by atomic mass is 19.1. The molecule has 236 valence electrons. The highest BCUT2D eigenvalue weighted by Gasteiger charge is 2.44. The van der Waals surface area contributed by atoms with Crippen LogP contribution in [0.1, 0.15) is 18.9 Å². The van der Waals surface area contributed by atoms with E-state index in [4.69, 9.17) is 14.2 Å². The Morgan fingerprint density at radius 1 is 1.00 bits per heavy atom. The number of rotatable bonds is 10. The van der Waals surface area contributed by atoms with Gasteiger partial charge in [0, 0.05) is 60.8 Å². The predicted octanol–water partition coefficient (Wildman–Crippen LogP) is 5.46. The van der Waals surface area contributed by atoms with Gasteiger partial charge in [0.05, 0.1) is 26.4 Å². The number of nitrogens with zero attached hydrogens (tertiary/aromatic N) is 5. The fourth-order valence-corrected chi connectivity index (χ4v) is 6.02. The standard InChI is InChI=1S/C33H36F2N6O4/c1-2-43-32(42)38-26-4-6-27(7-5-26)39-13-15-40(16-14-39)28-8-10-29(11-9-28)44-19-24-18-33(45-20-24,21-41-23-36-22-37-41)30-12-3-25(34)17-31(30)35/h3-12,17,22-24H,2,13-16,18-21H2,1H3,(H,38,42)/t24-,33-/m0/s1. The summed E-state index contributed by atoms with van der Waals surface area (Å²) in [4.78, 5) is 20.3. The molecule has 1 amide bonds. The molecule has 3 aromatic carbocycles. The summed E-state index contributed by atoms with van der Waals surface area (Å²) in [5, 5.41) is 6.89. The number of piperazine rings is 1. The van der Waals surface area contributed by atoms with Crippen molar-refractivity contribution in [3.63, 3.8) is 0 Å². The monoisotopic (exact) mass is 618 g/mol. The van der Waals surface area contributed by atoms with Crippen molar-refractivity contribution in [2.24, 2.45) is 5.92 Å². The van der Waals surface area contributed by atoms with Gasteiger partial charge in [0.25, 0.3) is 0 Å². The predicted molar refractivity (Wildman–Crippen MR) is 166 cm³/mol. The van der Waals surface area contributed by atoms with Crippen molar-refractivity contribution in [2.75, 3.05) is 61.1 Å². The van der Waals surface area contributed by atoms with Crippen LogP contribution in [0.15, 0.2) is 79.4 Å². The highest BCUT2D eigenvalue weighted by Crippen LogP contribution is 2.42. The number of anilines is 3. The van der Waals surface area contributed by atoms with Gasteiger partial charge in [-0.05, 0) is 67.9 Å². The maximum atomic E-state index is 14.9. The molecule has 2 atom stereocenters. The largest absolute Gasteiger partial charge is 0.493 e. The van der Waals surface area contributed by atoms with E-state index in [2.05, 4.69) is 37.3 Å². The average Bonchev–Trinajstić information content (AvgIpc) is 3.71. The minimum absolute atomic E-state index is 0.000683. The van der Waals surface area contributed by atoms with Crippen molar-refractivity contribution in [1.82, 2.24) is 14.8 Å². The second kappa shape index (κ2) is 13.5. The lowest BCUT2D eigenvalue weighted by atomic mass is 9.87. The van der Waals surface area contributed by atoms with Crippen LogP contribution in [0.4, 0.5) is 30.6 Å². The second-order valence-electron chi connectivity index (χ2n) is 11.3. The zero-order chi connectivity index (χ0) is 31.2. The van der Waals surface area contributed by atoms with Crippen molar-refractivity contribution >= 4 is 23.2 Å². The third-order valence-corrected chi connectivity index (χ3v) is 8.24. The molecule has 0 unspecified atom stereocenters. The van der Waals surface area contributed by atoms with Crippen molar-refractivity contribution in [2.45, 2.75) is 25.5 Å². The molecule has 3 heterocycles. The number of hydrogen-bond acceptors (Lipinski definition) is 8. The first kappa shape index (κ1) is 30.3. The Kier molecular flexibility index (Phi) is 9.11. The molecular formula is C33H36F2N6O4. The van der Waals surface area contributed by atoms with Crippen molar-refractivity contribution in [1.29, 1.82) is 0 Å². The van der Waals surface area contributed by atoms with E-state index in [0.717, 1.165) is 49.4 Å². The first-order valence-electron chi connectivity index (χ1n) is 15.1. The Morgan fingerprint density at radius 3 is 2.31 bits per heavy atom. The van der Waals surface area contributed by atoms with Crippen molar-refractivity contribution in [3.05, 3.63) is 96.6 Å². The van der Waals surface area contributed by atoms with Crippen molar-refractivity contribution < 1.29 is 27.8 Å². The molecule has 0 bridgehead atoms. The van der Waals surface area contributed by atoms with Gasteiger partial charge in [-0.25, -0.2) is 23.2 Å². The van der Waals surface area contributed by atoms with Gasteiger partial charge in [-0.1, -0.05) is 6.07 Å². The summed E-state index contributed by atoms with van der Waals surface area (Å²) in [6.45, 7) is 6.61. The number of amides is 1. The molecule has 2 aliphatic heterocycles. The number of benzene rings is 3. The van der Waals surface area contributed by atoms with Crippen LogP contribution in [-0.2, 0) is 21.6 Å². The molecule has 2 saturated heterocycles. The number of aromatic nitrogens is 3. The fraction of sp³-hybridized carbons (Fsp3) is 0.364. The minimum atomic E-state index is -1.01. The Morgan fingerprint density at radius 2 is 1.69 bits per heavy atom. The van der Waals surface area contributed by atoms with Gasteiger partial charge in [0.2, 0.25) is 0 Å². The van der Waals surface area contributed by atoms with Crippen LogP contribution in [0.2, 0.25) is 0 Å². The van der Waals surface area contributed by atoms with E-state index in [1.54, 1.807) is 17.9 Å². The molecule has 1 aromatic heterocycles. The van der Waals surface area contributed by atoms with Gasteiger partial charge >= 0.3 is 6.09 Å². The fourth-order valence-electron chi connectivity index (χ4n) is 6.02. The van der Waals surface area contributed by atoms with Gasteiger partial charge in [0.15, 0.2) is 0 Å². The van der Waals surface area contributed by atoms with Crippen LogP contribution < -0.4 is 19.9 Å². The average molecular weight is 619 g/mol. The number of hydrogen-bond donors (Lipinski definition) is 1. The molecule has 45 heavy (non-hydrogen) atoms. The minimum Gasteiger partial charge on any atom is -0.493 e. The maximum absolute atomic E-state index is 14.9. The first-order valence-corrected chi connectivity index (χ1v) is 15.1. The molecule has 0 spiro atoms. The third kappa shape index (κ3) is 7.17. The summed E-state index contributed by atoms with van der Waals surface area (Å²) in [5.74, 6) is -0.530. The first-order chi connectivity index (χ1) is 21.9. The second-order valence-corrected chi connectivity index (χ2v) is 11.3. The molecule has 10 nitrogen and oxygen atoms in total. The van der Waals surface area contributed by atoms with Crippen LogP contribution in [0, 0.1) is 17.6 Å². The molecule has 1 N–H and O–H groups in total. The highest BCUT2D eigenvalue weighted by molar-refractivity contribution is 5.84. The van der Waals surface area contributed by atoms with E-state index >= 15 is 0 Å². The molecule has 6 rings (SSSR count).